The summed E-state index contributed by atoms with van der Waals surface area (Å²) in [7, 11) is 0. The van der Waals surface area contributed by atoms with Gasteiger partial charge in [0.25, 0.3) is 0 Å². The van der Waals surface area contributed by atoms with Gasteiger partial charge in [-0.05, 0) is 36.4 Å². The summed E-state index contributed by atoms with van der Waals surface area (Å²) in [6.45, 7) is 2.47. The molecule has 0 radical (unpaired) electrons. The Kier molecular flexibility index (Phi) is 5.55. The number of amides is 2. The molecule has 0 bridgehead atoms. The predicted molar refractivity (Wildman–Crippen MR) is 106 cm³/mol. The van der Waals surface area contributed by atoms with E-state index in [1.165, 1.54) is 4.88 Å². The van der Waals surface area contributed by atoms with Crippen LogP contribution in [0.1, 0.15) is 24.1 Å². The molecule has 5 nitrogen and oxygen atoms in total. The molecule has 3 heterocycles. The van der Waals surface area contributed by atoms with Crippen LogP contribution < -0.4 is 4.90 Å². The lowest BCUT2D eigenvalue weighted by atomic mass is 10.0. The van der Waals surface area contributed by atoms with E-state index in [-0.39, 0.29) is 30.2 Å². The summed E-state index contributed by atoms with van der Waals surface area (Å²) < 4.78 is 5.48. The molecule has 142 valence electrons. The maximum atomic E-state index is 13.4. The van der Waals surface area contributed by atoms with Gasteiger partial charge in [0.2, 0.25) is 11.8 Å². The van der Waals surface area contributed by atoms with Gasteiger partial charge < -0.3 is 14.5 Å². The first-order valence-electron chi connectivity index (χ1n) is 9.48. The molecule has 1 aromatic heterocycles. The maximum absolute atomic E-state index is 13.4. The Morgan fingerprint density at radius 1 is 1.15 bits per heavy atom. The van der Waals surface area contributed by atoms with Crippen molar-refractivity contribution in [1.82, 2.24) is 4.90 Å². The summed E-state index contributed by atoms with van der Waals surface area (Å²) >= 11 is 1.67. The van der Waals surface area contributed by atoms with E-state index < -0.39 is 0 Å². The number of thiophene rings is 1. The fourth-order valence-corrected chi connectivity index (χ4v) is 4.62. The minimum Gasteiger partial charge on any atom is -0.381 e. The number of ether oxygens (including phenoxy) is 1. The fraction of sp³-hybridized carbons (Fsp3) is 0.429. The van der Waals surface area contributed by atoms with E-state index in [0.717, 1.165) is 18.5 Å². The van der Waals surface area contributed by atoms with Gasteiger partial charge in [0.05, 0.1) is 12.5 Å². The Morgan fingerprint density at radius 3 is 2.63 bits per heavy atom. The summed E-state index contributed by atoms with van der Waals surface area (Å²) in [6.07, 6.45) is 2.01. The topological polar surface area (TPSA) is 49.9 Å². The minimum absolute atomic E-state index is 0.0302. The molecule has 2 aliphatic heterocycles. The molecule has 0 spiro atoms. The molecule has 2 saturated heterocycles. The summed E-state index contributed by atoms with van der Waals surface area (Å²) in [5.41, 5.74) is 0.869. The zero-order valence-corrected chi connectivity index (χ0v) is 16.1. The molecule has 2 aromatic rings. The summed E-state index contributed by atoms with van der Waals surface area (Å²) in [6, 6.07) is 13.9. The van der Waals surface area contributed by atoms with Crippen molar-refractivity contribution in [1.29, 1.82) is 0 Å². The van der Waals surface area contributed by atoms with Crippen LogP contribution in [-0.2, 0) is 20.9 Å². The second kappa shape index (κ2) is 8.23. The Balaban J connectivity index is 1.51. The van der Waals surface area contributed by atoms with Crippen LogP contribution in [0.15, 0.2) is 47.8 Å². The third kappa shape index (κ3) is 4.06. The highest BCUT2D eigenvalue weighted by Gasteiger charge is 2.39. The number of anilines is 1. The van der Waals surface area contributed by atoms with E-state index in [1.54, 1.807) is 16.2 Å². The molecule has 1 aromatic carbocycles. The molecule has 27 heavy (non-hydrogen) atoms. The van der Waals surface area contributed by atoms with Crippen LogP contribution in [0.25, 0.3) is 0 Å². The second-order valence-electron chi connectivity index (χ2n) is 7.13. The van der Waals surface area contributed by atoms with Crippen molar-refractivity contribution < 1.29 is 14.3 Å². The van der Waals surface area contributed by atoms with E-state index in [4.69, 9.17) is 4.74 Å². The highest BCUT2D eigenvalue weighted by molar-refractivity contribution is 7.09. The Hall–Kier alpha value is -2.18. The molecule has 2 aliphatic rings. The minimum atomic E-state index is -0.277. The quantitative estimate of drug-likeness (QED) is 0.795. The standard InChI is InChI=1S/C21H24N2O3S/c24-20-13-16(14-22(20)17-5-2-1-3-6-17)21(25)23(15-19-7-4-12-27-19)18-8-10-26-11-9-18/h1-7,12,16,18H,8-11,13-15H2. The molecule has 6 heteroatoms. The van der Waals surface area contributed by atoms with Gasteiger partial charge in [-0.15, -0.1) is 11.3 Å². The number of carbonyl (C=O) groups is 2. The number of carbonyl (C=O) groups excluding carboxylic acids is 2. The predicted octanol–water partition coefficient (Wildman–Crippen LogP) is 3.31. The van der Waals surface area contributed by atoms with Crippen LogP contribution in [0.3, 0.4) is 0 Å². The van der Waals surface area contributed by atoms with Gasteiger partial charge in [-0.3, -0.25) is 9.59 Å². The number of para-hydroxylation sites is 1. The van der Waals surface area contributed by atoms with Crippen LogP contribution in [0.5, 0.6) is 0 Å². The number of rotatable bonds is 5. The Labute approximate surface area is 163 Å². The van der Waals surface area contributed by atoms with Crippen LogP contribution in [0.4, 0.5) is 5.69 Å². The lowest BCUT2D eigenvalue weighted by Crippen LogP contribution is -2.46. The first kappa shape index (κ1) is 18.2. The van der Waals surface area contributed by atoms with E-state index in [1.807, 2.05) is 46.7 Å². The van der Waals surface area contributed by atoms with Crippen molar-refractivity contribution in [3.8, 4) is 0 Å². The molecule has 2 fully saturated rings. The van der Waals surface area contributed by atoms with Crippen LogP contribution in [0.2, 0.25) is 0 Å². The first-order valence-corrected chi connectivity index (χ1v) is 10.4. The highest BCUT2D eigenvalue weighted by atomic mass is 32.1. The van der Waals surface area contributed by atoms with E-state index in [0.29, 0.717) is 26.3 Å². The highest BCUT2D eigenvalue weighted by Crippen LogP contribution is 2.29. The average Bonchev–Trinajstić information content (AvgIpc) is 3.36. The van der Waals surface area contributed by atoms with Gasteiger partial charge in [0, 0.05) is 42.8 Å². The van der Waals surface area contributed by atoms with Crippen molar-refractivity contribution in [3.05, 3.63) is 52.7 Å². The number of hydrogen-bond acceptors (Lipinski definition) is 4. The van der Waals surface area contributed by atoms with Crippen molar-refractivity contribution in [2.75, 3.05) is 24.7 Å². The molecular formula is C21H24N2O3S. The molecule has 0 saturated carbocycles. The summed E-state index contributed by atoms with van der Waals surface area (Å²) in [4.78, 5) is 30.9. The molecule has 0 N–H and O–H groups in total. The monoisotopic (exact) mass is 384 g/mol. The number of benzene rings is 1. The van der Waals surface area contributed by atoms with Gasteiger partial charge >= 0.3 is 0 Å². The van der Waals surface area contributed by atoms with Gasteiger partial charge in [0.15, 0.2) is 0 Å². The van der Waals surface area contributed by atoms with Crippen LogP contribution in [0, 0.1) is 5.92 Å². The van der Waals surface area contributed by atoms with Crippen LogP contribution >= 0.6 is 11.3 Å². The van der Waals surface area contributed by atoms with Gasteiger partial charge in [-0.2, -0.15) is 0 Å². The van der Waals surface area contributed by atoms with Crippen molar-refractivity contribution in [2.45, 2.75) is 31.8 Å². The second-order valence-corrected chi connectivity index (χ2v) is 8.16. The smallest absolute Gasteiger partial charge is 0.228 e. The molecule has 4 rings (SSSR count). The molecular weight excluding hydrogens is 360 g/mol. The van der Waals surface area contributed by atoms with E-state index in [2.05, 4.69) is 6.07 Å². The SMILES string of the molecule is O=C1CC(C(=O)N(Cc2cccs2)C2CCOCC2)CN1c1ccccc1. The number of nitrogens with zero attached hydrogens (tertiary/aromatic N) is 2. The fourth-order valence-electron chi connectivity index (χ4n) is 3.92. The summed E-state index contributed by atoms with van der Waals surface area (Å²) in [5.74, 6) is -0.148. The van der Waals surface area contributed by atoms with Gasteiger partial charge in [-0.25, -0.2) is 0 Å². The van der Waals surface area contributed by atoms with Crippen LogP contribution in [-0.4, -0.2) is 42.5 Å². The maximum Gasteiger partial charge on any atom is 0.228 e. The lowest BCUT2D eigenvalue weighted by Gasteiger charge is -2.35. The summed E-state index contributed by atoms with van der Waals surface area (Å²) in [5, 5.41) is 2.04. The van der Waals surface area contributed by atoms with Gasteiger partial charge in [0.1, 0.15) is 0 Å². The van der Waals surface area contributed by atoms with E-state index in [9.17, 15) is 9.59 Å². The molecule has 1 unspecified atom stereocenters. The normalized spacial score (nSPS) is 20.8. The van der Waals surface area contributed by atoms with Gasteiger partial charge in [-0.1, -0.05) is 24.3 Å². The Morgan fingerprint density at radius 2 is 1.93 bits per heavy atom. The third-order valence-corrected chi connectivity index (χ3v) is 6.22. The molecule has 0 aliphatic carbocycles. The van der Waals surface area contributed by atoms with Crippen molar-refractivity contribution in [2.24, 2.45) is 5.92 Å². The largest absolute Gasteiger partial charge is 0.381 e. The molecule has 1 atom stereocenters. The first-order chi connectivity index (χ1) is 13.2. The Bertz CT molecular complexity index is 772. The zero-order valence-electron chi connectivity index (χ0n) is 15.3. The molecule has 2 amide bonds. The van der Waals surface area contributed by atoms with Crippen molar-refractivity contribution >= 4 is 28.8 Å². The van der Waals surface area contributed by atoms with E-state index >= 15 is 0 Å². The van der Waals surface area contributed by atoms with Crippen molar-refractivity contribution in [3.63, 3.8) is 0 Å². The zero-order chi connectivity index (χ0) is 18.6. The third-order valence-electron chi connectivity index (χ3n) is 5.36. The number of hydrogen-bond donors (Lipinski definition) is 0. The average molecular weight is 385 g/mol. The lowest BCUT2D eigenvalue weighted by molar-refractivity contribution is -0.140.